The quantitative estimate of drug-likeness (QED) is 0.142. The summed E-state index contributed by atoms with van der Waals surface area (Å²) in [6.07, 6.45) is -13.7. The molecular weight excluding hydrogens is 445 g/mol. The number of hydrogen-bond donors (Lipinski definition) is 7. The molecule has 0 aromatic heterocycles. The van der Waals surface area contributed by atoms with Crippen molar-refractivity contribution in [3.05, 3.63) is 0 Å². The first kappa shape index (κ1) is 30.7. The second-order valence-electron chi connectivity index (χ2n) is 6.18. The van der Waals surface area contributed by atoms with E-state index < -0.39 is 82.4 Å². The summed E-state index contributed by atoms with van der Waals surface area (Å²) < 4.78 is 29.4. The SMILES string of the molecule is O=P([O-])([O-])OCC1(O)OCC(O[C@@H]2O[C@H](CO)[C@@H](O)[C@H](O)[C@H]2O)[C@H](O)[C@H]1O.[Na+].[Na+]. The van der Waals surface area contributed by atoms with Crippen molar-refractivity contribution in [2.24, 2.45) is 0 Å². The Morgan fingerprint density at radius 2 is 1.62 bits per heavy atom. The molecule has 29 heavy (non-hydrogen) atoms. The van der Waals surface area contributed by atoms with Gasteiger partial charge in [0.05, 0.1) is 21.0 Å². The van der Waals surface area contributed by atoms with Gasteiger partial charge in [0.25, 0.3) is 0 Å². The summed E-state index contributed by atoms with van der Waals surface area (Å²) in [5.74, 6) is -2.74. The normalized spacial score (nSPS) is 43.2. The van der Waals surface area contributed by atoms with E-state index in [1.807, 2.05) is 0 Å². The molecule has 14 nitrogen and oxygen atoms in total. The summed E-state index contributed by atoms with van der Waals surface area (Å²) in [5.41, 5.74) is 0. The van der Waals surface area contributed by atoms with Crippen LogP contribution in [0.1, 0.15) is 0 Å². The van der Waals surface area contributed by atoms with Gasteiger partial charge >= 0.3 is 59.1 Å². The first-order valence-corrected chi connectivity index (χ1v) is 9.20. The third kappa shape index (κ3) is 7.62. The summed E-state index contributed by atoms with van der Waals surface area (Å²) in [4.78, 5) is 21.0. The Morgan fingerprint density at radius 1 is 1.03 bits per heavy atom. The molecule has 0 aromatic rings. The Kier molecular flexibility index (Phi) is 13.0. The van der Waals surface area contributed by atoms with Gasteiger partial charge in [-0.25, -0.2) is 0 Å². The molecule has 0 saturated carbocycles. The minimum absolute atomic E-state index is 0. The smallest absolute Gasteiger partial charge is 0.790 e. The molecule has 160 valence electrons. The molecular formula is C12H21Na2O14P. The molecule has 2 fully saturated rings. The van der Waals surface area contributed by atoms with Gasteiger partial charge in [0.1, 0.15) is 49.3 Å². The maximum atomic E-state index is 10.5. The average molecular weight is 466 g/mol. The fourth-order valence-corrected chi connectivity index (χ4v) is 2.99. The zero-order valence-electron chi connectivity index (χ0n) is 15.7. The van der Waals surface area contributed by atoms with Crippen molar-refractivity contribution in [3.8, 4) is 0 Å². The third-order valence-corrected chi connectivity index (χ3v) is 4.70. The molecule has 0 aliphatic carbocycles. The first-order chi connectivity index (χ1) is 12.4. The summed E-state index contributed by atoms with van der Waals surface area (Å²) in [6.45, 7) is -2.68. The Hall–Kier alpha value is 1.71. The number of phosphoric acid groups is 1. The zero-order chi connectivity index (χ0) is 20.6. The molecule has 2 saturated heterocycles. The van der Waals surface area contributed by atoms with Crippen LogP contribution in [0.15, 0.2) is 0 Å². The van der Waals surface area contributed by atoms with E-state index in [2.05, 4.69) is 4.52 Å². The molecule has 0 amide bonds. The van der Waals surface area contributed by atoms with E-state index in [0.717, 1.165) is 0 Å². The number of rotatable bonds is 6. The number of aliphatic hydroxyl groups is 7. The molecule has 9 atom stereocenters. The summed E-state index contributed by atoms with van der Waals surface area (Å²) in [5, 5.41) is 68.4. The minimum Gasteiger partial charge on any atom is -0.790 e. The van der Waals surface area contributed by atoms with Crippen molar-refractivity contribution in [2.75, 3.05) is 19.8 Å². The van der Waals surface area contributed by atoms with Gasteiger partial charge in [-0.1, -0.05) is 0 Å². The number of aliphatic hydroxyl groups excluding tert-OH is 6. The van der Waals surface area contributed by atoms with Crippen LogP contribution in [-0.2, 0) is 23.3 Å². The van der Waals surface area contributed by atoms with E-state index in [4.69, 9.17) is 19.3 Å². The second-order valence-corrected chi connectivity index (χ2v) is 7.34. The Morgan fingerprint density at radius 3 is 2.14 bits per heavy atom. The Balaban J connectivity index is 0.00000392. The fourth-order valence-electron chi connectivity index (χ4n) is 2.65. The average Bonchev–Trinajstić information content (AvgIpc) is 2.60. The maximum absolute atomic E-state index is 10.5. The summed E-state index contributed by atoms with van der Waals surface area (Å²) in [6, 6.07) is 0. The molecule has 2 unspecified atom stereocenters. The van der Waals surface area contributed by atoms with Gasteiger partial charge in [-0.3, -0.25) is 0 Å². The molecule has 17 heteroatoms. The van der Waals surface area contributed by atoms with Crippen LogP contribution in [0.25, 0.3) is 0 Å². The molecule has 0 aromatic carbocycles. The Bertz CT molecular complexity index is 551. The second kappa shape index (κ2) is 12.3. The molecule has 0 spiro atoms. The van der Waals surface area contributed by atoms with Crippen molar-refractivity contribution in [1.82, 2.24) is 0 Å². The fraction of sp³-hybridized carbons (Fsp3) is 1.00. The molecule has 2 aliphatic heterocycles. The van der Waals surface area contributed by atoms with E-state index >= 15 is 0 Å². The van der Waals surface area contributed by atoms with Gasteiger partial charge in [0.15, 0.2) is 6.29 Å². The van der Waals surface area contributed by atoms with E-state index in [1.165, 1.54) is 0 Å². The third-order valence-electron chi connectivity index (χ3n) is 4.25. The minimum atomic E-state index is -5.49. The maximum Gasteiger partial charge on any atom is 1.00 e. The predicted molar refractivity (Wildman–Crippen MR) is 75.1 cm³/mol. The zero-order valence-corrected chi connectivity index (χ0v) is 20.6. The van der Waals surface area contributed by atoms with Gasteiger partial charge < -0.3 is 68.8 Å². The van der Waals surface area contributed by atoms with E-state index in [-0.39, 0.29) is 59.1 Å². The van der Waals surface area contributed by atoms with Crippen LogP contribution in [-0.4, -0.2) is 110 Å². The molecule has 0 radical (unpaired) electrons. The molecule has 7 N–H and O–H groups in total. The van der Waals surface area contributed by atoms with Crippen molar-refractivity contribution >= 4 is 7.82 Å². The van der Waals surface area contributed by atoms with Crippen LogP contribution in [0, 0.1) is 0 Å². The van der Waals surface area contributed by atoms with Crippen molar-refractivity contribution in [2.45, 2.75) is 54.8 Å². The monoisotopic (exact) mass is 466 g/mol. The topological polar surface area (TPSA) is 242 Å². The predicted octanol–water partition coefficient (Wildman–Crippen LogP) is -12.5. The van der Waals surface area contributed by atoms with Gasteiger partial charge in [-0.2, -0.15) is 0 Å². The number of ether oxygens (including phenoxy) is 3. The van der Waals surface area contributed by atoms with Gasteiger partial charge in [-0.15, -0.1) is 0 Å². The van der Waals surface area contributed by atoms with Crippen LogP contribution in [0.3, 0.4) is 0 Å². The van der Waals surface area contributed by atoms with E-state index in [9.17, 15) is 45.0 Å². The van der Waals surface area contributed by atoms with Gasteiger partial charge in [-0.05, 0) is 0 Å². The molecule has 2 aliphatic rings. The molecule has 0 bridgehead atoms. The standard InChI is InChI=1S/C12H23O14P.2Na/c13-1-4-6(14)8(16)9(17)11(25-4)26-5-2-23-12(19,10(18)7(5)15)3-24-27(20,21)22;;/h4-11,13-19H,1-3H2,(H2,20,21,22);;/q;2*+1/p-2/t4-,5?,6-,7+,8+,9-,10-,11+,12?;;/m1../s1. The summed E-state index contributed by atoms with van der Waals surface area (Å²) >= 11 is 0. The Labute approximate surface area is 209 Å². The molecule has 2 heterocycles. The van der Waals surface area contributed by atoms with Crippen LogP contribution in [0.2, 0.25) is 0 Å². The summed E-state index contributed by atoms with van der Waals surface area (Å²) in [7, 11) is -5.49. The van der Waals surface area contributed by atoms with Gasteiger partial charge in [0, 0.05) is 0 Å². The first-order valence-electron chi connectivity index (χ1n) is 7.74. The number of hydrogen-bond acceptors (Lipinski definition) is 14. The van der Waals surface area contributed by atoms with Crippen molar-refractivity contribution in [1.29, 1.82) is 0 Å². The van der Waals surface area contributed by atoms with Gasteiger partial charge in [0.2, 0.25) is 5.79 Å². The van der Waals surface area contributed by atoms with Crippen LogP contribution in [0.5, 0.6) is 0 Å². The largest absolute Gasteiger partial charge is 1.00 e. The van der Waals surface area contributed by atoms with E-state index in [0.29, 0.717) is 0 Å². The molecule has 2 rings (SSSR count). The van der Waals surface area contributed by atoms with E-state index in [1.54, 1.807) is 0 Å². The van der Waals surface area contributed by atoms with Crippen LogP contribution in [0.4, 0.5) is 0 Å². The van der Waals surface area contributed by atoms with Crippen molar-refractivity contribution < 1.29 is 128 Å². The van der Waals surface area contributed by atoms with Crippen LogP contribution >= 0.6 is 7.82 Å². The van der Waals surface area contributed by atoms with Crippen molar-refractivity contribution in [3.63, 3.8) is 0 Å². The van der Waals surface area contributed by atoms with Crippen LogP contribution < -0.4 is 68.9 Å². The number of phosphoric ester groups is 1.